The third kappa shape index (κ3) is 3.51. The van der Waals surface area contributed by atoms with Crippen molar-refractivity contribution >= 4 is 17.3 Å². The summed E-state index contributed by atoms with van der Waals surface area (Å²) in [4.78, 5) is 16.2. The maximum atomic E-state index is 11.6. The fraction of sp³-hybridized carbons (Fsp3) is 0.353. The molecular weight excluding hydrogens is 314 g/mol. The number of hydrogen-bond acceptors (Lipinski definition) is 4. The Hall–Kier alpha value is -1.98. The summed E-state index contributed by atoms with van der Waals surface area (Å²) in [6.07, 6.45) is 1.47. The van der Waals surface area contributed by atoms with Gasteiger partial charge in [-0.15, -0.1) is 0 Å². The molecule has 5 nitrogen and oxygen atoms in total. The van der Waals surface area contributed by atoms with E-state index < -0.39 is 0 Å². The van der Waals surface area contributed by atoms with Crippen LogP contribution in [0, 0.1) is 0 Å². The van der Waals surface area contributed by atoms with Crippen molar-refractivity contribution in [1.29, 1.82) is 0 Å². The van der Waals surface area contributed by atoms with Crippen LogP contribution in [0.4, 0.5) is 5.69 Å². The lowest BCUT2D eigenvalue weighted by Crippen LogP contribution is -2.46. The predicted octanol–water partition coefficient (Wildman–Crippen LogP) is 2.07. The lowest BCUT2D eigenvalue weighted by molar-refractivity contribution is 0.244. The zero-order chi connectivity index (χ0) is 16.4. The third-order valence-corrected chi connectivity index (χ3v) is 4.59. The van der Waals surface area contributed by atoms with Crippen LogP contribution >= 0.6 is 11.6 Å². The first-order valence-corrected chi connectivity index (χ1v) is 8.03. The monoisotopic (exact) mass is 333 g/mol. The van der Waals surface area contributed by atoms with Crippen molar-refractivity contribution < 1.29 is 5.11 Å². The molecule has 0 aliphatic carbocycles. The van der Waals surface area contributed by atoms with Crippen molar-refractivity contribution in [2.24, 2.45) is 7.05 Å². The number of hydrogen-bond donors (Lipinski definition) is 1. The molecule has 1 aromatic heterocycles. The Labute approximate surface area is 140 Å². The first-order chi connectivity index (χ1) is 11.0. The van der Waals surface area contributed by atoms with E-state index in [4.69, 9.17) is 11.6 Å². The van der Waals surface area contributed by atoms with Gasteiger partial charge in [0.05, 0.1) is 10.7 Å². The Morgan fingerprint density at radius 1 is 1.17 bits per heavy atom. The van der Waals surface area contributed by atoms with Crippen LogP contribution in [0.5, 0.6) is 5.75 Å². The standard InChI is InChI=1S/C17H20ClN3O2/c1-19-12-17(23)16(22)10-13(19)11-20-6-8-21(9-7-20)15-5-3-2-4-14(15)18/h2-5,10,12,23H,6-9,11H2,1H3. The fourth-order valence-electron chi connectivity index (χ4n) is 2.90. The topological polar surface area (TPSA) is 48.7 Å². The first-order valence-electron chi connectivity index (χ1n) is 7.65. The predicted molar refractivity (Wildman–Crippen MR) is 92.3 cm³/mol. The zero-order valence-corrected chi connectivity index (χ0v) is 13.8. The summed E-state index contributed by atoms with van der Waals surface area (Å²) in [5, 5.41) is 10.2. The van der Waals surface area contributed by atoms with Gasteiger partial charge in [0.25, 0.3) is 0 Å². The number of rotatable bonds is 3. The van der Waals surface area contributed by atoms with E-state index in [1.165, 1.54) is 12.3 Å². The van der Waals surface area contributed by atoms with E-state index in [9.17, 15) is 9.90 Å². The van der Waals surface area contributed by atoms with Crippen LogP contribution < -0.4 is 10.3 Å². The number of anilines is 1. The fourth-order valence-corrected chi connectivity index (χ4v) is 3.15. The van der Waals surface area contributed by atoms with Gasteiger partial charge < -0.3 is 14.6 Å². The van der Waals surface area contributed by atoms with Crippen molar-refractivity contribution in [3.63, 3.8) is 0 Å². The van der Waals surface area contributed by atoms with Gasteiger partial charge in [-0.3, -0.25) is 9.69 Å². The molecule has 1 aliphatic heterocycles. The highest BCUT2D eigenvalue weighted by atomic mass is 35.5. The van der Waals surface area contributed by atoms with Crippen molar-refractivity contribution in [1.82, 2.24) is 9.47 Å². The molecule has 0 spiro atoms. The molecule has 2 heterocycles. The second kappa shape index (κ2) is 6.64. The van der Waals surface area contributed by atoms with Crippen LogP contribution in [-0.4, -0.2) is 40.8 Å². The number of piperazine rings is 1. The minimum atomic E-state index is -0.326. The lowest BCUT2D eigenvalue weighted by Gasteiger charge is -2.36. The molecule has 1 aromatic carbocycles. The Morgan fingerprint density at radius 2 is 1.87 bits per heavy atom. The van der Waals surface area contributed by atoms with Gasteiger partial charge in [0, 0.05) is 57.7 Å². The Balaban J connectivity index is 1.65. The number of nitrogens with zero attached hydrogens (tertiary/aromatic N) is 3. The molecule has 3 rings (SSSR count). The molecule has 0 unspecified atom stereocenters. The quantitative estimate of drug-likeness (QED) is 0.934. The summed E-state index contributed by atoms with van der Waals surface area (Å²) in [7, 11) is 1.84. The second-order valence-electron chi connectivity index (χ2n) is 5.84. The van der Waals surface area contributed by atoms with Crippen molar-refractivity contribution in [2.45, 2.75) is 6.54 Å². The van der Waals surface area contributed by atoms with Gasteiger partial charge in [-0.2, -0.15) is 0 Å². The maximum absolute atomic E-state index is 11.6. The normalized spacial score (nSPS) is 15.8. The molecular formula is C17H20ClN3O2. The molecule has 2 aromatic rings. The SMILES string of the molecule is Cn1cc(O)c(=O)cc1CN1CCN(c2ccccc2Cl)CC1. The molecule has 0 radical (unpaired) electrons. The van der Waals surface area contributed by atoms with Crippen LogP contribution in [0.25, 0.3) is 0 Å². The molecule has 0 atom stereocenters. The van der Waals surface area contributed by atoms with E-state index in [0.29, 0.717) is 6.54 Å². The van der Waals surface area contributed by atoms with E-state index >= 15 is 0 Å². The van der Waals surface area contributed by atoms with Crippen LogP contribution in [0.15, 0.2) is 41.3 Å². The largest absolute Gasteiger partial charge is 0.503 e. The Kier molecular flexibility index (Phi) is 4.59. The highest BCUT2D eigenvalue weighted by Gasteiger charge is 2.19. The van der Waals surface area contributed by atoms with E-state index in [2.05, 4.69) is 9.80 Å². The molecule has 1 N–H and O–H groups in total. The van der Waals surface area contributed by atoms with Crippen LogP contribution in [0.1, 0.15) is 5.69 Å². The maximum Gasteiger partial charge on any atom is 0.223 e. The molecule has 0 bridgehead atoms. The van der Waals surface area contributed by atoms with Gasteiger partial charge in [-0.1, -0.05) is 23.7 Å². The minimum Gasteiger partial charge on any atom is -0.503 e. The van der Waals surface area contributed by atoms with E-state index in [0.717, 1.165) is 42.6 Å². The molecule has 1 fully saturated rings. The molecule has 23 heavy (non-hydrogen) atoms. The summed E-state index contributed by atoms with van der Waals surface area (Å²) < 4.78 is 1.80. The summed E-state index contributed by atoms with van der Waals surface area (Å²) in [5.74, 6) is -0.209. The summed E-state index contributed by atoms with van der Waals surface area (Å²) >= 11 is 6.26. The van der Waals surface area contributed by atoms with Gasteiger partial charge >= 0.3 is 0 Å². The van der Waals surface area contributed by atoms with Crippen molar-refractivity contribution in [2.75, 3.05) is 31.1 Å². The van der Waals surface area contributed by atoms with Gasteiger partial charge in [-0.05, 0) is 12.1 Å². The summed E-state index contributed by atoms with van der Waals surface area (Å²) in [6.45, 7) is 4.30. The van der Waals surface area contributed by atoms with Crippen LogP contribution in [0.2, 0.25) is 5.02 Å². The molecule has 0 amide bonds. The zero-order valence-electron chi connectivity index (χ0n) is 13.1. The van der Waals surface area contributed by atoms with Crippen molar-refractivity contribution in [3.05, 3.63) is 57.5 Å². The summed E-state index contributed by atoms with van der Waals surface area (Å²) in [6, 6.07) is 9.40. The molecule has 0 saturated carbocycles. The number of aromatic nitrogens is 1. The molecule has 122 valence electrons. The number of halogens is 1. The number of pyridine rings is 1. The lowest BCUT2D eigenvalue weighted by atomic mass is 10.2. The number of aromatic hydroxyl groups is 1. The second-order valence-corrected chi connectivity index (χ2v) is 6.25. The average Bonchev–Trinajstić information content (AvgIpc) is 2.54. The minimum absolute atomic E-state index is 0.209. The van der Waals surface area contributed by atoms with Crippen LogP contribution in [0.3, 0.4) is 0 Å². The molecule has 1 saturated heterocycles. The number of para-hydroxylation sites is 1. The number of aryl methyl sites for hydroxylation is 1. The van der Waals surface area contributed by atoms with E-state index in [-0.39, 0.29) is 11.2 Å². The van der Waals surface area contributed by atoms with Crippen molar-refractivity contribution in [3.8, 4) is 5.75 Å². The van der Waals surface area contributed by atoms with Gasteiger partial charge in [0.15, 0.2) is 5.75 Å². The smallest absolute Gasteiger partial charge is 0.223 e. The van der Waals surface area contributed by atoms with E-state index in [1.807, 2.05) is 31.3 Å². The third-order valence-electron chi connectivity index (χ3n) is 4.27. The number of benzene rings is 1. The highest BCUT2D eigenvalue weighted by molar-refractivity contribution is 6.33. The average molecular weight is 334 g/mol. The van der Waals surface area contributed by atoms with Gasteiger partial charge in [0.1, 0.15) is 0 Å². The van der Waals surface area contributed by atoms with E-state index in [1.54, 1.807) is 4.57 Å². The Bertz CT molecular complexity index is 752. The molecule has 1 aliphatic rings. The Morgan fingerprint density at radius 3 is 2.57 bits per heavy atom. The van der Waals surface area contributed by atoms with Gasteiger partial charge in [0.2, 0.25) is 5.43 Å². The highest BCUT2D eigenvalue weighted by Crippen LogP contribution is 2.26. The first kappa shape index (κ1) is 15.9. The van der Waals surface area contributed by atoms with Crippen LogP contribution in [-0.2, 0) is 13.6 Å². The molecule has 6 heteroatoms. The van der Waals surface area contributed by atoms with Gasteiger partial charge in [-0.25, -0.2) is 0 Å². The summed E-state index contributed by atoms with van der Waals surface area (Å²) in [5.41, 5.74) is 1.65.